The summed E-state index contributed by atoms with van der Waals surface area (Å²) in [5.74, 6) is 2.55. The highest BCUT2D eigenvalue weighted by Gasteiger charge is 2.30. The molecule has 0 saturated carbocycles. The second-order valence-corrected chi connectivity index (χ2v) is 7.03. The smallest absolute Gasteiger partial charge is 0.227 e. The number of hydrogen-bond donors (Lipinski definition) is 0. The summed E-state index contributed by atoms with van der Waals surface area (Å²) in [6, 6.07) is 13.9. The summed E-state index contributed by atoms with van der Waals surface area (Å²) in [4.78, 5) is 14.9. The minimum Gasteiger partial charge on any atom is -0.497 e. The predicted octanol–water partition coefficient (Wildman–Crippen LogP) is 3.76. The van der Waals surface area contributed by atoms with E-state index < -0.39 is 0 Å². The number of amides is 1. The lowest BCUT2D eigenvalue weighted by molar-refractivity contribution is -0.131. The van der Waals surface area contributed by atoms with Gasteiger partial charge in [0.2, 0.25) is 5.91 Å². The van der Waals surface area contributed by atoms with Crippen LogP contribution in [0.1, 0.15) is 36.4 Å². The standard InChI is InChI=1S/C22H25NO4/c1-25-18-8-5-16(6-9-18)14-22(24)23-11-2-4-19(23)17-7-10-20-21(15-17)27-13-3-12-26-20/h5-10,15,19H,2-4,11-14H2,1H3/t19-/m0/s1. The zero-order chi connectivity index (χ0) is 18.6. The molecule has 0 aliphatic carbocycles. The van der Waals surface area contributed by atoms with Crippen molar-refractivity contribution in [3.63, 3.8) is 0 Å². The lowest BCUT2D eigenvalue weighted by atomic mass is 10.0. The molecule has 0 spiro atoms. The van der Waals surface area contributed by atoms with Gasteiger partial charge in [0, 0.05) is 13.0 Å². The Labute approximate surface area is 159 Å². The van der Waals surface area contributed by atoms with E-state index in [4.69, 9.17) is 14.2 Å². The first-order chi connectivity index (χ1) is 13.2. The number of benzene rings is 2. The zero-order valence-electron chi connectivity index (χ0n) is 15.6. The third-order valence-electron chi connectivity index (χ3n) is 5.24. The van der Waals surface area contributed by atoms with Gasteiger partial charge in [-0.25, -0.2) is 0 Å². The van der Waals surface area contributed by atoms with Crippen molar-refractivity contribution in [2.45, 2.75) is 31.7 Å². The number of methoxy groups -OCH3 is 1. The molecule has 0 N–H and O–H groups in total. The molecule has 1 saturated heterocycles. The molecule has 2 aromatic rings. The molecule has 0 aromatic heterocycles. The highest BCUT2D eigenvalue weighted by atomic mass is 16.5. The van der Waals surface area contributed by atoms with Crippen LogP contribution in [0, 0.1) is 0 Å². The Bertz CT molecular complexity index is 802. The summed E-state index contributed by atoms with van der Waals surface area (Å²) >= 11 is 0. The Morgan fingerprint density at radius 3 is 2.63 bits per heavy atom. The van der Waals surface area contributed by atoms with Gasteiger partial charge in [-0.15, -0.1) is 0 Å². The minimum atomic E-state index is 0.105. The monoisotopic (exact) mass is 367 g/mol. The lowest BCUT2D eigenvalue weighted by Gasteiger charge is -2.26. The van der Waals surface area contributed by atoms with Crippen molar-refractivity contribution in [2.24, 2.45) is 0 Å². The van der Waals surface area contributed by atoms with Gasteiger partial charge in [0.15, 0.2) is 11.5 Å². The number of carbonyl (C=O) groups is 1. The number of nitrogens with zero attached hydrogens (tertiary/aromatic N) is 1. The fourth-order valence-electron chi connectivity index (χ4n) is 3.82. The van der Waals surface area contributed by atoms with E-state index in [2.05, 4.69) is 6.07 Å². The SMILES string of the molecule is COc1ccc(CC(=O)N2CCC[C@H]2c2ccc3c(c2)OCCCO3)cc1. The quantitative estimate of drug-likeness (QED) is 0.826. The second-order valence-electron chi connectivity index (χ2n) is 7.03. The van der Waals surface area contributed by atoms with Crippen molar-refractivity contribution in [1.29, 1.82) is 0 Å². The van der Waals surface area contributed by atoms with Crippen LogP contribution in [-0.2, 0) is 11.2 Å². The Morgan fingerprint density at radius 1 is 1.07 bits per heavy atom. The van der Waals surface area contributed by atoms with Crippen LogP contribution >= 0.6 is 0 Å². The fraction of sp³-hybridized carbons (Fsp3) is 0.409. The predicted molar refractivity (Wildman–Crippen MR) is 102 cm³/mol. The molecule has 0 radical (unpaired) electrons. The van der Waals surface area contributed by atoms with E-state index in [0.717, 1.165) is 54.2 Å². The third kappa shape index (κ3) is 3.87. The van der Waals surface area contributed by atoms with E-state index in [1.165, 1.54) is 0 Å². The first kappa shape index (κ1) is 17.7. The Morgan fingerprint density at radius 2 is 1.85 bits per heavy atom. The van der Waals surface area contributed by atoms with Crippen LogP contribution in [0.3, 0.4) is 0 Å². The van der Waals surface area contributed by atoms with Gasteiger partial charge >= 0.3 is 0 Å². The molecule has 4 rings (SSSR count). The van der Waals surface area contributed by atoms with Gasteiger partial charge in [-0.2, -0.15) is 0 Å². The maximum absolute atomic E-state index is 12.9. The molecule has 1 amide bonds. The molecule has 2 aromatic carbocycles. The number of rotatable bonds is 4. The van der Waals surface area contributed by atoms with Crippen LogP contribution < -0.4 is 14.2 Å². The minimum absolute atomic E-state index is 0.105. The maximum atomic E-state index is 12.9. The van der Waals surface area contributed by atoms with Crippen molar-refractivity contribution in [1.82, 2.24) is 4.90 Å². The Kier molecular flexibility index (Phi) is 5.19. The summed E-state index contributed by atoms with van der Waals surface area (Å²) in [7, 11) is 1.64. The van der Waals surface area contributed by atoms with E-state index in [-0.39, 0.29) is 11.9 Å². The van der Waals surface area contributed by atoms with E-state index in [1.807, 2.05) is 41.3 Å². The molecule has 0 bridgehead atoms. The summed E-state index contributed by atoms with van der Waals surface area (Å²) in [6.07, 6.45) is 3.30. The molecule has 0 unspecified atom stereocenters. The number of fused-ring (bicyclic) bond motifs is 1. The van der Waals surface area contributed by atoms with Crippen molar-refractivity contribution in [2.75, 3.05) is 26.9 Å². The molecular weight excluding hydrogens is 342 g/mol. The molecule has 1 fully saturated rings. The van der Waals surface area contributed by atoms with Gasteiger partial charge in [0.25, 0.3) is 0 Å². The lowest BCUT2D eigenvalue weighted by Crippen LogP contribution is -2.31. The number of hydrogen-bond acceptors (Lipinski definition) is 4. The molecular formula is C22H25NO4. The fourth-order valence-corrected chi connectivity index (χ4v) is 3.82. The molecule has 27 heavy (non-hydrogen) atoms. The van der Waals surface area contributed by atoms with Crippen molar-refractivity contribution in [3.8, 4) is 17.2 Å². The molecule has 5 heteroatoms. The Hall–Kier alpha value is -2.69. The summed E-state index contributed by atoms with van der Waals surface area (Å²) in [5.41, 5.74) is 2.13. The van der Waals surface area contributed by atoms with Crippen molar-refractivity contribution >= 4 is 5.91 Å². The number of likely N-dealkylation sites (tertiary alicyclic amines) is 1. The second kappa shape index (κ2) is 7.91. The average molecular weight is 367 g/mol. The Balaban J connectivity index is 1.49. The van der Waals surface area contributed by atoms with Crippen molar-refractivity contribution in [3.05, 3.63) is 53.6 Å². The summed E-state index contributed by atoms with van der Waals surface area (Å²) in [5, 5.41) is 0. The normalized spacial score (nSPS) is 18.9. The third-order valence-corrected chi connectivity index (χ3v) is 5.24. The topological polar surface area (TPSA) is 48.0 Å². The van der Waals surface area contributed by atoms with Crippen LogP contribution in [0.5, 0.6) is 17.2 Å². The van der Waals surface area contributed by atoms with Crippen LogP contribution in [-0.4, -0.2) is 37.7 Å². The summed E-state index contributed by atoms with van der Waals surface area (Å²) < 4.78 is 16.7. The molecule has 1 atom stereocenters. The van der Waals surface area contributed by atoms with Crippen LogP contribution in [0.2, 0.25) is 0 Å². The molecule has 5 nitrogen and oxygen atoms in total. The van der Waals surface area contributed by atoms with E-state index in [1.54, 1.807) is 7.11 Å². The van der Waals surface area contributed by atoms with Crippen LogP contribution in [0.4, 0.5) is 0 Å². The van der Waals surface area contributed by atoms with E-state index >= 15 is 0 Å². The molecule has 142 valence electrons. The van der Waals surface area contributed by atoms with Gasteiger partial charge in [0.05, 0.1) is 32.8 Å². The first-order valence-corrected chi connectivity index (χ1v) is 9.56. The largest absolute Gasteiger partial charge is 0.497 e. The van der Waals surface area contributed by atoms with E-state index in [9.17, 15) is 4.79 Å². The highest BCUT2D eigenvalue weighted by molar-refractivity contribution is 5.79. The maximum Gasteiger partial charge on any atom is 0.227 e. The van der Waals surface area contributed by atoms with Crippen molar-refractivity contribution < 1.29 is 19.0 Å². The highest BCUT2D eigenvalue weighted by Crippen LogP contribution is 2.38. The first-order valence-electron chi connectivity index (χ1n) is 9.56. The summed E-state index contributed by atoms with van der Waals surface area (Å²) in [6.45, 7) is 2.15. The number of carbonyl (C=O) groups excluding carboxylic acids is 1. The van der Waals surface area contributed by atoms with Gasteiger partial charge < -0.3 is 19.1 Å². The van der Waals surface area contributed by atoms with Gasteiger partial charge in [-0.05, 0) is 48.2 Å². The zero-order valence-corrected chi connectivity index (χ0v) is 15.6. The molecule has 2 heterocycles. The van der Waals surface area contributed by atoms with Gasteiger partial charge in [-0.3, -0.25) is 4.79 Å². The number of ether oxygens (including phenoxy) is 3. The molecule has 2 aliphatic rings. The van der Waals surface area contributed by atoms with Crippen LogP contribution in [0.15, 0.2) is 42.5 Å². The van der Waals surface area contributed by atoms with Gasteiger partial charge in [-0.1, -0.05) is 18.2 Å². The average Bonchev–Trinajstić information content (AvgIpc) is 3.07. The van der Waals surface area contributed by atoms with Crippen LogP contribution in [0.25, 0.3) is 0 Å². The van der Waals surface area contributed by atoms with Gasteiger partial charge in [0.1, 0.15) is 5.75 Å². The van der Waals surface area contributed by atoms with E-state index in [0.29, 0.717) is 19.6 Å². The molecule has 2 aliphatic heterocycles.